The van der Waals surface area contributed by atoms with Crippen molar-refractivity contribution in [3.8, 4) is 5.75 Å². The van der Waals surface area contributed by atoms with Gasteiger partial charge in [0.15, 0.2) is 0 Å². The third kappa shape index (κ3) is 3.03. The second-order valence-corrected chi connectivity index (χ2v) is 4.46. The largest absolute Gasteiger partial charge is 0.492 e. The molecule has 2 rings (SSSR count). The van der Waals surface area contributed by atoms with E-state index >= 15 is 0 Å². The Hall–Kier alpha value is -0.930. The molecule has 0 spiro atoms. The Balaban J connectivity index is 1.88. The second kappa shape index (κ2) is 5.41. The molecular weight excluding hydrogens is 226 g/mol. The van der Waals surface area contributed by atoms with Gasteiger partial charge in [0.05, 0.1) is 11.6 Å². The molecule has 1 aromatic carbocycles. The van der Waals surface area contributed by atoms with Gasteiger partial charge in [-0.1, -0.05) is 11.6 Å². The van der Waals surface area contributed by atoms with Crippen LogP contribution in [0.25, 0.3) is 0 Å². The monoisotopic (exact) mass is 241 g/mol. The highest BCUT2D eigenvalue weighted by atomic mass is 35.5. The fourth-order valence-corrected chi connectivity index (χ4v) is 2.00. The van der Waals surface area contributed by atoms with Gasteiger partial charge in [0.2, 0.25) is 0 Å². The highest BCUT2D eigenvalue weighted by molar-refractivity contribution is 6.32. The van der Waals surface area contributed by atoms with Crippen LogP contribution in [-0.4, -0.2) is 19.8 Å². The van der Waals surface area contributed by atoms with E-state index in [2.05, 4.69) is 0 Å². The smallest absolute Gasteiger partial charge is 0.138 e. The van der Waals surface area contributed by atoms with Gasteiger partial charge in [-0.15, -0.1) is 0 Å². The van der Waals surface area contributed by atoms with Crippen LogP contribution < -0.4 is 10.5 Å². The van der Waals surface area contributed by atoms with E-state index in [0.717, 1.165) is 26.1 Å². The lowest BCUT2D eigenvalue weighted by Crippen LogP contribution is -2.21. The highest BCUT2D eigenvalue weighted by Crippen LogP contribution is 2.27. The molecule has 1 aromatic rings. The van der Waals surface area contributed by atoms with Crippen molar-refractivity contribution in [1.82, 2.24) is 0 Å². The van der Waals surface area contributed by atoms with E-state index in [4.69, 9.17) is 26.8 Å². The first-order valence-electron chi connectivity index (χ1n) is 5.51. The minimum atomic E-state index is 0.572. The minimum absolute atomic E-state index is 0.572. The molecule has 0 aliphatic carbocycles. The van der Waals surface area contributed by atoms with Crippen LogP contribution in [0.15, 0.2) is 18.2 Å². The standard InChI is InChI=1S/C12H16ClNO2/c13-11-7-10(14)1-2-12(11)16-8-9-3-5-15-6-4-9/h1-2,7,9H,3-6,8,14H2. The molecule has 0 radical (unpaired) electrons. The van der Waals surface area contributed by atoms with Gasteiger partial charge in [0.25, 0.3) is 0 Å². The van der Waals surface area contributed by atoms with Gasteiger partial charge >= 0.3 is 0 Å². The predicted molar refractivity (Wildman–Crippen MR) is 64.9 cm³/mol. The van der Waals surface area contributed by atoms with E-state index in [1.54, 1.807) is 12.1 Å². The van der Waals surface area contributed by atoms with E-state index in [1.165, 1.54) is 0 Å². The van der Waals surface area contributed by atoms with Crippen LogP contribution in [0.1, 0.15) is 12.8 Å². The van der Waals surface area contributed by atoms with E-state index < -0.39 is 0 Å². The van der Waals surface area contributed by atoms with Crippen molar-refractivity contribution in [2.45, 2.75) is 12.8 Å². The summed E-state index contributed by atoms with van der Waals surface area (Å²) in [5, 5.41) is 0.576. The van der Waals surface area contributed by atoms with Crippen LogP contribution in [0.4, 0.5) is 5.69 Å². The number of benzene rings is 1. The quantitative estimate of drug-likeness (QED) is 0.828. The molecule has 0 saturated carbocycles. The summed E-state index contributed by atoms with van der Waals surface area (Å²) in [6.45, 7) is 2.37. The lowest BCUT2D eigenvalue weighted by molar-refractivity contribution is 0.0498. The zero-order chi connectivity index (χ0) is 11.4. The maximum Gasteiger partial charge on any atom is 0.138 e. The Morgan fingerprint density at radius 3 is 2.81 bits per heavy atom. The lowest BCUT2D eigenvalue weighted by Gasteiger charge is -2.22. The summed E-state index contributed by atoms with van der Waals surface area (Å²) in [5.41, 5.74) is 6.27. The first-order valence-corrected chi connectivity index (χ1v) is 5.89. The zero-order valence-electron chi connectivity index (χ0n) is 9.12. The fraction of sp³-hybridized carbons (Fsp3) is 0.500. The number of rotatable bonds is 3. The summed E-state index contributed by atoms with van der Waals surface area (Å²) in [6, 6.07) is 5.32. The average molecular weight is 242 g/mol. The Morgan fingerprint density at radius 2 is 2.12 bits per heavy atom. The molecule has 0 bridgehead atoms. The molecule has 1 fully saturated rings. The van der Waals surface area contributed by atoms with Crippen molar-refractivity contribution >= 4 is 17.3 Å². The van der Waals surface area contributed by atoms with Crippen molar-refractivity contribution in [3.63, 3.8) is 0 Å². The maximum absolute atomic E-state index is 6.02. The molecular formula is C12H16ClNO2. The normalized spacial score (nSPS) is 17.3. The number of nitrogens with two attached hydrogens (primary N) is 1. The van der Waals surface area contributed by atoms with Gasteiger partial charge < -0.3 is 15.2 Å². The molecule has 1 heterocycles. The summed E-state index contributed by atoms with van der Waals surface area (Å²) < 4.78 is 11.0. The Bertz CT molecular complexity index is 351. The molecule has 16 heavy (non-hydrogen) atoms. The van der Waals surface area contributed by atoms with Crippen LogP contribution in [-0.2, 0) is 4.74 Å². The molecule has 0 aromatic heterocycles. The summed E-state index contributed by atoms with van der Waals surface area (Å²) in [4.78, 5) is 0. The van der Waals surface area contributed by atoms with Crippen molar-refractivity contribution in [3.05, 3.63) is 23.2 Å². The van der Waals surface area contributed by atoms with Gasteiger partial charge in [0.1, 0.15) is 5.75 Å². The van der Waals surface area contributed by atoms with Gasteiger partial charge in [-0.25, -0.2) is 0 Å². The number of ether oxygens (including phenoxy) is 2. The number of anilines is 1. The Labute approximate surface area is 100 Å². The predicted octanol–water partition coefficient (Wildman–Crippen LogP) is 2.73. The highest BCUT2D eigenvalue weighted by Gasteiger charge is 2.14. The topological polar surface area (TPSA) is 44.5 Å². The molecule has 0 unspecified atom stereocenters. The van der Waals surface area contributed by atoms with Crippen LogP contribution in [0.3, 0.4) is 0 Å². The number of halogens is 1. The molecule has 4 heteroatoms. The van der Waals surface area contributed by atoms with Gasteiger partial charge in [-0.3, -0.25) is 0 Å². The number of hydrogen-bond donors (Lipinski definition) is 1. The van der Waals surface area contributed by atoms with Gasteiger partial charge in [0, 0.05) is 18.9 Å². The third-order valence-corrected chi connectivity index (χ3v) is 3.07. The lowest BCUT2D eigenvalue weighted by atomic mass is 10.0. The summed E-state index contributed by atoms with van der Waals surface area (Å²) in [6.07, 6.45) is 2.12. The van der Waals surface area contributed by atoms with Crippen LogP contribution >= 0.6 is 11.6 Å². The van der Waals surface area contributed by atoms with E-state index in [0.29, 0.717) is 29.0 Å². The van der Waals surface area contributed by atoms with Crippen molar-refractivity contribution in [2.75, 3.05) is 25.6 Å². The third-order valence-electron chi connectivity index (χ3n) is 2.77. The molecule has 1 aliphatic rings. The second-order valence-electron chi connectivity index (χ2n) is 4.06. The molecule has 88 valence electrons. The summed E-state index contributed by atoms with van der Waals surface area (Å²) >= 11 is 6.02. The number of nitrogen functional groups attached to an aromatic ring is 1. The van der Waals surface area contributed by atoms with Gasteiger partial charge in [-0.05, 0) is 37.0 Å². The Morgan fingerprint density at radius 1 is 1.38 bits per heavy atom. The zero-order valence-corrected chi connectivity index (χ0v) is 9.87. The van der Waals surface area contributed by atoms with Crippen molar-refractivity contribution in [1.29, 1.82) is 0 Å². The molecule has 1 aliphatic heterocycles. The van der Waals surface area contributed by atoms with Crippen LogP contribution in [0, 0.1) is 5.92 Å². The molecule has 2 N–H and O–H groups in total. The summed E-state index contributed by atoms with van der Waals surface area (Å²) in [7, 11) is 0. The number of hydrogen-bond acceptors (Lipinski definition) is 3. The van der Waals surface area contributed by atoms with Crippen molar-refractivity contribution < 1.29 is 9.47 Å². The van der Waals surface area contributed by atoms with E-state index in [1.807, 2.05) is 6.07 Å². The molecule has 0 atom stereocenters. The van der Waals surface area contributed by atoms with E-state index in [-0.39, 0.29) is 0 Å². The fourth-order valence-electron chi connectivity index (χ4n) is 1.75. The SMILES string of the molecule is Nc1ccc(OCC2CCOCC2)c(Cl)c1. The van der Waals surface area contributed by atoms with Crippen LogP contribution in [0.5, 0.6) is 5.75 Å². The van der Waals surface area contributed by atoms with Crippen molar-refractivity contribution in [2.24, 2.45) is 5.92 Å². The summed E-state index contributed by atoms with van der Waals surface area (Å²) in [5.74, 6) is 1.28. The Kier molecular flexibility index (Phi) is 3.91. The molecule has 1 saturated heterocycles. The molecule has 3 nitrogen and oxygen atoms in total. The average Bonchev–Trinajstić information content (AvgIpc) is 2.29. The maximum atomic E-state index is 6.02. The van der Waals surface area contributed by atoms with E-state index in [9.17, 15) is 0 Å². The van der Waals surface area contributed by atoms with Crippen LogP contribution in [0.2, 0.25) is 5.02 Å². The first kappa shape index (κ1) is 11.6. The van der Waals surface area contributed by atoms with Gasteiger partial charge in [-0.2, -0.15) is 0 Å². The first-order chi connectivity index (χ1) is 7.75. The molecule has 0 amide bonds. The minimum Gasteiger partial charge on any atom is -0.492 e.